The van der Waals surface area contributed by atoms with Gasteiger partial charge in [-0.05, 0) is 46.8 Å². The maximum atomic E-state index is 15.3. The quantitative estimate of drug-likeness (QED) is 0.302. The lowest BCUT2D eigenvalue weighted by Gasteiger charge is -2.33. The van der Waals surface area contributed by atoms with Gasteiger partial charge in [-0.15, -0.1) is 0 Å². The lowest BCUT2D eigenvalue weighted by Crippen LogP contribution is -2.30. The fourth-order valence-corrected chi connectivity index (χ4v) is 5.16. The Morgan fingerprint density at radius 3 is 1.94 bits per heavy atom. The SMILES string of the molecule is Cc1c(F)cc(C2(c3cc(F)c(O)c4ccccc34)OC(=O)c3ccccc32)c2ccccc12. The van der Waals surface area contributed by atoms with Crippen molar-refractivity contribution in [3.63, 3.8) is 0 Å². The second kappa shape index (κ2) is 7.12. The molecule has 0 spiro atoms. The molecule has 5 heteroatoms. The standard InChI is InChI=1S/C29H18F2O3/c1-16-17-8-2-3-9-18(17)23(14-25(16)30)29(22-13-7-6-12-21(22)28(33)34-29)24-15-26(31)27(32)20-11-5-4-10-19(20)24/h2-15,32H,1H3. The van der Waals surface area contributed by atoms with Gasteiger partial charge >= 0.3 is 5.97 Å². The molecule has 0 saturated heterocycles. The van der Waals surface area contributed by atoms with Crippen LogP contribution in [-0.2, 0) is 10.3 Å². The third-order valence-corrected chi connectivity index (χ3v) is 6.75. The monoisotopic (exact) mass is 452 g/mol. The van der Waals surface area contributed by atoms with Gasteiger partial charge in [0.15, 0.2) is 17.2 Å². The Balaban J connectivity index is 1.86. The zero-order valence-electron chi connectivity index (χ0n) is 18.1. The number of fused-ring (bicyclic) bond motifs is 3. The van der Waals surface area contributed by atoms with Gasteiger partial charge in [0.05, 0.1) is 5.56 Å². The average Bonchev–Trinajstić information content (AvgIpc) is 3.17. The van der Waals surface area contributed by atoms with E-state index >= 15 is 8.78 Å². The number of aromatic hydroxyl groups is 1. The molecular weight excluding hydrogens is 434 g/mol. The first-order chi connectivity index (χ1) is 16.4. The van der Waals surface area contributed by atoms with Gasteiger partial charge in [0, 0.05) is 22.1 Å². The number of halogens is 2. The van der Waals surface area contributed by atoms with Crippen LogP contribution < -0.4 is 0 Å². The molecule has 0 amide bonds. The Bertz CT molecular complexity index is 1560. The van der Waals surface area contributed by atoms with Crippen molar-refractivity contribution in [3.05, 3.63) is 124 Å². The van der Waals surface area contributed by atoms with Crippen LogP contribution in [0.5, 0.6) is 5.75 Å². The largest absolute Gasteiger partial charge is 0.504 e. The molecule has 0 radical (unpaired) electrons. The first-order valence-corrected chi connectivity index (χ1v) is 10.9. The molecule has 1 aliphatic heterocycles. The van der Waals surface area contributed by atoms with Crippen LogP contribution in [0.4, 0.5) is 8.78 Å². The van der Waals surface area contributed by atoms with Gasteiger partial charge in [-0.25, -0.2) is 13.6 Å². The molecule has 0 aromatic heterocycles. The van der Waals surface area contributed by atoms with E-state index in [1.165, 1.54) is 12.1 Å². The summed E-state index contributed by atoms with van der Waals surface area (Å²) in [4.78, 5) is 13.1. The van der Waals surface area contributed by atoms with Crippen molar-refractivity contribution < 1.29 is 23.4 Å². The molecule has 0 saturated carbocycles. The minimum absolute atomic E-state index is 0.272. The molecule has 3 nitrogen and oxygen atoms in total. The smallest absolute Gasteiger partial charge is 0.340 e. The number of phenols is 1. The zero-order chi connectivity index (χ0) is 23.6. The van der Waals surface area contributed by atoms with E-state index in [0.717, 1.165) is 0 Å². The summed E-state index contributed by atoms with van der Waals surface area (Å²) in [6.45, 7) is 1.69. The second-order valence-corrected chi connectivity index (χ2v) is 8.49. The Kier molecular flexibility index (Phi) is 4.27. The Hall–Kier alpha value is -4.25. The van der Waals surface area contributed by atoms with Crippen molar-refractivity contribution in [3.8, 4) is 5.75 Å². The first-order valence-electron chi connectivity index (χ1n) is 10.9. The van der Waals surface area contributed by atoms with Gasteiger partial charge < -0.3 is 9.84 Å². The summed E-state index contributed by atoms with van der Waals surface area (Å²) in [7, 11) is 0. The van der Waals surface area contributed by atoms with Crippen LogP contribution >= 0.6 is 0 Å². The summed E-state index contributed by atoms with van der Waals surface area (Å²) in [6, 6.07) is 23.5. The molecule has 1 N–H and O–H groups in total. The topological polar surface area (TPSA) is 46.5 Å². The molecule has 0 bridgehead atoms. The molecule has 1 atom stereocenters. The lowest BCUT2D eigenvalue weighted by molar-refractivity contribution is 0.0258. The maximum Gasteiger partial charge on any atom is 0.340 e. The Labute approximate surface area is 193 Å². The van der Waals surface area contributed by atoms with Crippen molar-refractivity contribution in [2.75, 3.05) is 0 Å². The Morgan fingerprint density at radius 1 is 0.706 bits per heavy atom. The number of aryl methyl sites for hydroxylation is 1. The number of phenolic OH excluding ortho intramolecular Hbond substituents is 1. The van der Waals surface area contributed by atoms with Crippen molar-refractivity contribution in [2.45, 2.75) is 12.5 Å². The number of carbonyl (C=O) groups excluding carboxylic acids is 1. The number of rotatable bonds is 2. The van der Waals surface area contributed by atoms with E-state index in [4.69, 9.17) is 4.74 Å². The molecule has 166 valence electrons. The number of ether oxygens (including phenoxy) is 1. The van der Waals surface area contributed by atoms with Crippen LogP contribution in [-0.4, -0.2) is 11.1 Å². The van der Waals surface area contributed by atoms with Crippen molar-refractivity contribution in [1.29, 1.82) is 0 Å². The summed E-state index contributed by atoms with van der Waals surface area (Å²) in [5, 5.41) is 12.6. The lowest BCUT2D eigenvalue weighted by atomic mass is 9.76. The average molecular weight is 452 g/mol. The highest BCUT2D eigenvalue weighted by Gasteiger charge is 2.50. The summed E-state index contributed by atoms with van der Waals surface area (Å²) in [5.41, 5.74) is 0.350. The fourth-order valence-electron chi connectivity index (χ4n) is 5.16. The van der Waals surface area contributed by atoms with Crippen LogP contribution in [0, 0.1) is 18.6 Å². The molecule has 6 rings (SSSR count). The van der Waals surface area contributed by atoms with Gasteiger partial charge in [-0.1, -0.05) is 66.7 Å². The van der Waals surface area contributed by atoms with Gasteiger partial charge in [0.1, 0.15) is 5.82 Å². The maximum absolute atomic E-state index is 15.3. The molecule has 5 aromatic rings. The second-order valence-electron chi connectivity index (χ2n) is 8.49. The molecule has 0 fully saturated rings. The molecule has 1 heterocycles. The van der Waals surface area contributed by atoms with Gasteiger partial charge in [-0.3, -0.25) is 0 Å². The zero-order valence-corrected chi connectivity index (χ0v) is 18.1. The minimum Gasteiger partial charge on any atom is -0.504 e. The van der Waals surface area contributed by atoms with Crippen molar-refractivity contribution in [1.82, 2.24) is 0 Å². The molecule has 1 unspecified atom stereocenters. The summed E-state index contributed by atoms with van der Waals surface area (Å²) in [6.07, 6.45) is 0. The third-order valence-electron chi connectivity index (χ3n) is 6.75. The van der Waals surface area contributed by atoms with Crippen LogP contribution in [0.1, 0.15) is 32.6 Å². The van der Waals surface area contributed by atoms with Crippen LogP contribution in [0.25, 0.3) is 21.5 Å². The number of hydrogen-bond acceptors (Lipinski definition) is 3. The van der Waals surface area contributed by atoms with Gasteiger partial charge in [-0.2, -0.15) is 0 Å². The predicted molar refractivity (Wildman–Crippen MR) is 126 cm³/mol. The Morgan fingerprint density at radius 2 is 1.24 bits per heavy atom. The highest BCUT2D eigenvalue weighted by molar-refractivity contribution is 6.01. The van der Waals surface area contributed by atoms with E-state index in [0.29, 0.717) is 44.0 Å². The number of hydrogen-bond donors (Lipinski definition) is 1. The minimum atomic E-state index is -1.63. The van der Waals surface area contributed by atoms with E-state index in [9.17, 15) is 9.90 Å². The van der Waals surface area contributed by atoms with E-state index in [1.807, 2.05) is 24.3 Å². The van der Waals surface area contributed by atoms with E-state index in [-0.39, 0.29) is 5.39 Å². The predicted octanol–water partition coefficient (Wildman–Crippen LogP) is 6.75. The van der Waals surface area contributed by atoms with Gasteiger partial charge in [0.2, 0.25) is 0 Å². The molecule has 5 aromatic carbocycles. The van der Waals surface area contributed by atoms with Crippen LogP contribution in [0.2, 0.25) is 0 Å². The first kappa shape index (κ1) is 20.4. The van der Waals surface area contributed by atoms with E-state index < -0.39 is 29.0 Å². The summed E-state index contributed by atoms with van der Waals surface area (Å²) >= 11 is 0. The highest BCUT2D eigenvalue weighted by atomic mass is 19.1. The third kappa shape index (κ3) is 2.58. The fraction of sp³-hybridized carbons (Fsp3) is 0.0690. The normalized spacial score (nSPS) is 17.2. The van der Waals surface area contributed by atoms with Crippen molar-refractivity contribution in [2.24, 2.45) is 0 Å². The number of cyclic esters (lactones) is 1. The molecular formula is C29H18F2O3. The molecule has 34 heavy (non-hydrogen) atoms. The highest BCUT2D eigenvalue weighted by Crippen LogP contribution is 2.52. The van der Waals surface area contributed by atoms with E-state index in [2.05, 4.69) is 0 Å². The van der Waals surface area contributed by atoms with Crippen LogP contribution in [0.15, 0.2) is 84.9 Å². The summed E-state index contributed by atoms with van der Waals surface area (Å²) < 4.78 is 36.6. The van der Waals surface area contributed by atoms with E-state index in [1.54, 1.807) is 55.5 Å². The number of carbonyl (C=O) groups is 1. The number of benzene rings is 5. The number of esters is 1. The van der Waals surface area contributed by atoms with Gasteiger partial charge in [0.25, 0.3) is 0 Å². The van der Waals surface area contributed by atoms with Crippen LogP contribution in [0.3, 0.4) is 0 Å². The van der Waals surface area contributed by atoms with Crippen molar-refractivity contribution >= 4 is 27.5 Å². The molecule has 0 aliphatic carbocycles. The molecule has 1 aliphatic rings. The summed E-state index contributed by atoms with van der Waals surface area (Å²) in [5.74, 6) is -2.40.